The maximum atomic E-state index is 13.2. The van der Waals surface area contributed by atoms with E-state index in [9.17, 15) is 18.0 Å². The van der Waals surface area contributed by atoms with Gasteiger partial charge in [-0.25, -0.2) is 12.7 Å². The second-order valence-corrected chi connectivity index (χ2v) is 10.2. The van der Waals surface area contributed by atoms with Gasteiger partial charge in [0.25, 0.3) is 5.91 Å². The van der Waals surface area contributed by atoms with E-state index in [1.807, 2.05) is 30.3 Å². The Bertz CT molecular complexity index is 1330. The molecule has 0 atom stereocenters. The highest BCUT2D eigenvalue weighted by atomic mass is 32.2. The van der Waals surface area contributed by atoms with Gasteiger partial charge in [0.1, 0.15) is 5.56 Å². The summed E-state index contributed by atoms with van der Waals surface area (Å²) >= 11 is 0. The number of hydrogen-bond acceptors (Lipinski definition) is 5. The number of anilines is 1. The van der Waals surface area contributed by atoms with Crippen molar-refractivity contribution in [1.82, 2.24) is 13.8 Å². The van der Waals surface area contributed by atoms with E-state index in [4.69, 9.17) is 0 Å². The molecule has 168 valence electrons. The molecule has 0 saturated carbocycles. The van der Waals surface area contributed by atoms with Crippen LogP contribution in [0.15, 0.2) is 64.4 Å². The van der Waals surface area contributed by atoms with E-state index in [0.29, 0.717) is 31.7 Å². The Balaban J connectivity index is 1.65. The molecule has 8 nitrogen and oxygen atoms in total. The van der Waals surface area contributed by atoms with Crippen LogP contribution in [0.1, 0.15) is 10.4 Å². The number of aromatic nitrogens is 1. The molecule has 1 aliphatic rings. The summed E-state index contributed by atoms with van der Waals surface area (Å²) in [7, 11) is 0.917. The number of carbonyl (C=O) groups excluding carboxylic acids is 1. The summed E-state index contributed by atoms with van der Waals surface area (Å²) in [5.41, 5.74) is 1.27. The van der Waals surface area contributed by atoms with Gasteiger partial charge in [0, 0.05) is 64.6 Å². The number of amides is 1. The summed E-state index contributed by atoms with van der Waals surface area (Å²) in [6.07, 6.45) is 1.54. The highest BCUT2D eigenvalue weighted by molar-refractivity contribution is 7.89. The normalized spacial score (nSPS) is 14.9. The van der Waals surface area contributed by atoms with E-state index >= 15 is 0 Å². The first-order chi connectivity index (χ1) is 15.2. The number of fused-ring (bicyclic) bond motifs is 1. The fourth-order valence-corrected chi connectivity index (χ4v) is 4.90. The Labute approximate surface area is 187 Å². The Morgan fingerprint density at radius 1 is 0.969 bits per heavy atom. The number of piperazine rings is 1. The third-order valence-electron chi connectivity index (χ3n) is 5.86. The van der Waals surface area contributed by atoms with E-state index in [0.717, 1.165) is 9.99 Å². The molecule has 4 rings (SSSR count). The molecule has 2 aromatic carbocycles. The second kappa shape index (κ2) is 8.40. The minimum absolute atomic E-state index is 0.0215. The van der Waals surface area contributed by atoms with Crippen molar-refractivity contribution in [2.45, 2.75) is 4.90 Å². The van der Waals surface area contributed by atoms with Gasteiger partial charge in [-0.1, -0.05) is 18.2 Å². The Hall–Kier alpha value is -3.17. The van der Waals surface area contributed by atoms with Crippen LogP contribution >= 0.6 is 0 Å². The first-order valence-electron chi connectivity index (χ1n) is 10.4. The molecule has 3 aromatic rings. The van der Waals surface area contributed by atoms with Crippen molar-refractivity contribution in [2.75, 3.05) is 45.2 Å². The highest BCUT2D eigenvalue weighted by Gasteiger charge is 2.26. The Morgan fingerprint density at radius 3 is 2.25 bits per heavy atom. The number of hydrogen-bond donors (Lipinski definition) is 0. The molecule has 0 aliphatic carbocycles. The topological polar surface area (TPSA) is 82.9 Å². The predicted molar refractivity (Wildman–Crippen MR) is 125 cm³/mol. The second-order valence-electron chi connectivity index (χ2n) is 8.06. The maximum Gasteiger partial charge on any atom is 0.259 e. The molecule has 1 amide bonds. The van der Waals surface area contributed by atoms with Crippen LogP contribution in [0, 0.1) is 0 Å². The summed E-state index contributed by atoms with van der Waals surface area (Å²) in [4.78, 5) is 30.4. The lowest BCUT2D eigenvalue weighted by atomic mass is 10.1. The summed E-state index contributed by atoms with van der Waals surface area (Å²) in [6.45, 7) is 2.36. The number of carbonyl (C=O) groups is 1. The number of aryl methyl sites for hydroxylation is 1. The van der Waals surface area contributed by atoms with Gasteiger partial charge in [-0.2, -0.15) is 0 Å². The predicted octanol–water partition coefficient (Wildman–Crippen LogP) is 1.75. The molecular formula is C23H26N4O4S. The van der Waals surface area contributed by atoms with E-state index in [-0.39, 0.29) is 21.8 Å². The molecular weight excluding hydrogens is 428 g/mol. The van der Waals surface area contributed by atoms with Gasteiger partial charge in [-0.05, 0) is 30.3 Å². The van der Waals surface area contributed by atoms with Crippen LogP contribution in [0.5, 0.6) is 0 Å². The number of sulfonamides is 1. The van der Waals surface area contributed by atoms with Gasteiger partial charge in [0.15, 0.2) is 0 Å². The van der Waals surface area contributed by atoms with Gasteiger partial charge >= 0.3 is 0 Å². The Kier molecular flexibility index (Phi) is 5.79. The third-order valence-corrected chi connectivity index (χ3v) is 7.67. The smallest absolute Gasteiger partial charge is 0.259 e. The van der Waals surface area contributed by atoms with Gasteiger partial charge in [-0.15, -0.1) is 0 Å². The zero-order valence-corrected chi connectivity index (χ0v) is 19.2. The van der Waals surface area contributed by atoms with Crippen molar-refractivity contribution < 1.29 is 13.2 Å². The summed E-state index contributed by atoms with van der Waals surface area (Å²) in [6, 6.07) is 14.4. The van der Waals surface area contributed by atoms with Crippen molar-refractivity contribution in [2.24, 2.45) is 7.05 Å². The van der Waals surface area contributed by atoms with E-state index in [2.05, 4.69) is 4.90 Å². The molecule has 2 heterocycles. The fourth-order valence-electron chi connectivity index (χ4n) is 3.97. The van der Waals surface area contributed by atoms with Gasteiger partial charge in [0.2, 0.25) is 15.5 Å². The monoisotopic (exact) mass is 454 g/mol. The van der Waals surface area contributed by atoms with E-state index in [1.165, 1.54) is 32.4 Å². The molecule has 1 aliphatic heterocycles. The van der Waals surface area contributed by atoms with Gasteiger partial charge in [-0.3, -0.25) is 9.59 Å². The van der Waals surface area contributed by atoms with Gasteiger partial charge < -0.3 is 14.4 Å². The SMILES string of the molecule is CN(C)S(=O)(=O)c1ccc2c(c1)c(=O)c(C(=O)N1CCN(c3ccccc3)CC1)cn2C. The van der Waals surface area contributed by atoms with E-state index in [1.54, 1.807) is 22.6 Å². The van der Waals surface area contributed by atoms with Crippen molar-refractivity contribution in [3.8, 4) is 0 Å². The van der Waals surface area contributed by atoms with Crippen LogP contribution in [-0.4, -0.2) is 68.4 Å². The number of pyridine rings is 1. The van der Waals surface area contributed by atoms with Crippen LogP contribution in [0.3, 0.4) is 0 Å². The average molecular weight is 455 g/mol. The number of rotatable bonds is 4. The van der Waals surface area contributed by atoms with Crippen molar-refractivity contribution in [3.63, 3.8) is 0 Å². The van der Waals surface area contributed by atoms with Crippen molar-refractivity contribution >= 4 is 32.5 Å². The van der Waals surface area contributed by atoms with Crippen LogP contribution in [0.2, 0.25) is 0 Å². The number of para-hydroxylation sites is 1. The number of nitrogens with zero attached hydrogens (tertiary/aromatic N) is 4. The van der Waals surface area contributed by atoms with Crippen LogP contribution in [-0.2, 0) is 17.1 Å². The van der Waals surface area contributed by atoms with Crippen molar-refractivity contribution in [3.05, 3.63) is 70.5 Å². The molecule has 32 heavy (non-hydrogen) atoms. The largest absolute Gasteiger partial charge is 0.368 e. The standard InChI is InChI=1S/C23H26N4O4S/c1-24(2)32(30,31)18-9-10-21-19(15-18)22(28)20(16-25(21)3)23(29)27-13-11-26(12-14-27)17-7-5-4-6-8-17/h4-10,15-16H,11-14H2,1-3H3. The van der Waals surface area contributed by atoms with Gasteiger partial charge in [0.05, 0.1) is 10.4 Å². The summed E-state index contributed by atoms with van der Waals surface area (Å²) < 4.78 is 27.8. The Morgan fingerprint density at radius 2 is 1.62 bits per heavy atom. The summed E-state index contributed by atoms with van der Waals surface area (Å²) in [5.74, 6) is -0.332. The third kappa shape index (κ3) is 3.89. The van der Waals surface area contributed by atoms with Crippen molar-refractivity contribution in [1.29, 1.82) is 0 Å². The minimum Gasteiger partial charge on any atom is -0.368 e. The molecule has 1 fully saturated rings. The molecule has 9 heteroatoms. The molecule has 0 N–H and O–H groups in total. The maximum absolute atomic E-state index is 13.2. The molecule has 1 aromatic heterocycles. The lowest BCUT2D eigenvalue weighted by molar-refractivity contribution is 0.0745. The molecule has 1 saturated heterocycles. The highest BCUT2D eigenvalue weighted by Crippen LogP contribution is 2.20. The zero-order chi connectivity index (χ0) is 23.0. The molecule has 0 unspecified atom stereocenters. The zero-order valence-electron chi connectivity index (χ0n) is 18.4. The van der Waals surface area contributed by atoms with E-state index < -0.39 is 15.5 Å². The van der Waals surface area contributed by atoms with Crippen LogP contribution in [0.25, 0.3) is 10.9 Å². The molecule has 0 radical (unpaired) electrons. The number of benzene rings is 2. The van der Waals surface area contributed by atoms with Crippen LogP contribution in [0.4, 0.5) is 5.69 Å². The minimum atomic E-state index is -3.70. The lowest BCUT2D eigenvalue weighted by Gasteiger charge is -2.36. The quantitative estimate of drug-likeness (QED) is 0.600. The summed E-state index contributed by atoms with van der Waals surface area (Å²) in [5, 5.41) is 0.212. The molecule has 0 bridgehead atoms. The first-order valence-corrected chi connectivity index (χ1v) is 11.8. The molecule has 0 spiro atoms. The fraction of sp³-hybridized carbons (Fsp3) is 0.304. The lowest BCUT2D eigenvalue weighted by Crippen LogP contribution is -2.49. The first kappa shape index (κ1) is 22.0. The average Bonchev–Trinajstić information content (AvgIpc) is 2.81. The van der Waals surface area contributed by atoms with Crippen LogP contribution < -0.4 is 10.3 Å².